The van der Waals surface area contributed by atoms with E-state index in [4.69, 9.17) is 14.9 Å². The van der Waals surface area contributed by atoms with Gasteiger partial charge in [-0.1, -0.05) is 0 Å². The average Bonchev–Trinajstić information content (AvgIpc) is 1.95. The van der Waals surface area contributed by atoms with Crippen LogP contribution in [-0.2, 0) is 0 Å². The lowest BCUT2D eigenvalue weighted by molar-refractivity contribution is 0.386. The maximum atomic E-state index is 8.90. The van der Waals surface area contributed by atoms with E-state index in [-0.39, 0.29) is 11.5 Å². The van der Waals surface area contributed by atoms with Crippen molar-refractivity contribution in [2.45, 2.75) is 0 Å². The molecule has 3 nitrogen and oxygen atoms in total. The van der Waals surface area contributed by atoms with Crippen molar-refractivity contribution in [2.24, 2.45) is 0 Å². The SMILES string of the molecule is COc1ccc(O)c(O)c1. The molecule has 0 unspecified atom stereocenters. The highest BCUT2D eigenvalue weighted by Crippen LogP contribution is 2.28. The highest BCUT2D eigenvalue weighted by Gasteiger charge is 1.98. The molecule has 0 bridgehead atoms. The quantitative estimate of drug-likeness (QED) is 0.574. The molecular weight excluding hydrogens is 132 g/mol. The third kappa shape index (κ3) is 1.13. The molecule has 1 aromatic carbocycles. The molecule has 0 aromatic heterocycles. The molecule has 2 N–H and O–H groups in total. The minimum absolute atomic E-state index is 0.138. The van der Waals surface area contributed by atoms with Crippen molar-refractivity contribution in [3.05, 3.63) is 18.2 Å². The molecule has 0 aliphatic carbocycles. The molecule has 0 amide bonds. The molecule has 1 aromatic rings. The lowest BCUT2D eigenvalue weighted by atomic mass is 10.3. The number of hydrogen-bond donors (Lipinski definition) is 2. The lowest BCUT2D eigenvalue weighted by Crippen LogP contribution is -1.80. The second-order valence-electron chi connectivity index (χ2n) is 1.85. The predicted octanol–water partition coefficient (Wildman–Crippen LogP) is 1.11. The second kappa shape index (κ2) is 2.47. The largest absolute Gasteiger partial charge is 0.504 e. The summed E-state index contributed by atoms with van der Waals surface area (Å²) in [6.45, 7) is 0. The fourth-order valence-corrected chi connectivity index (χ4v) is 0.630. The summed E-state index contributed by atoms with van der Waals surface area (Å²) in [6.07, 6.45) is 0. The van der Waals surface area contributed by atoms with Gasteiger partial charge >= 0.3 is 0 Å². The first-order valence-corrected chi connectivity index (χ1v) is 2.80. The van der Waals surface area contributed by atoms with Crippen molar-refractivity contribution in [2.75, 3.05) is 7.11 Å². The molecule has 0 saturated heterocycles. The highest BCUT2D eigenvalue weighted by molar-refractivity contribution is 5.43. The fraction of sp³-hybridized carbons (Fsp3) is 0.143. The monoisotopic (exact) mass is 140 g/mol. The number of benzene rings is 1. The lowest BCUT2D eigenvalue weighted by Gasteiger charge is -2.00. The van der Waals surface area contributed by atoms with E-state index in [1.165, 1.54) is 19.2 Å². The summed E-state index contributed by atoms with van der Waals surface area (Å²) in [4.78, 5) is 0. The molecule has 0 fully saturated rings. The van der Waals surface area contributed by atoms with Crippen molar-refractivity contribution in [1.29, 1.82) is 0 Å². The first-order chi connectivity index (χ1) is 4.74. The zero-order valence-electron chi connectivity index (χ0n) is 5.53. The summed E-state index contributed by atoms with van der Waals surface area (Å²) in [7, 11) is 1.49. The van der Waals surface area contributed by atoms with Gasteiger partial charge < -0.3 is 14.9 Å². The Morgan fingerprint density at radius 3 is 2.40 bits per heavy atom. The summed E-state index contributed by atoms with van der Waals surface area (Å²) in [6, 6.07) is 4.28. The van der Waals surface area contributed by atoms with E-state index >= 15 is 0 Å². The summed E-state index contributed by atoms with van der Waals surface area (Å²) in [5.74, 6) is 0.218. The molecule has 0 saturated carbocycles. The van der Waals surface area contributed by atoms with E-state index in [1.54, 1.807) is 6.07 Å². The van der Waals surface area contributed by atoms with Gasteiger partial charge in [-0.25, -0.2) is 0 Å². The van der Waals surface area contributed by atoms with Gasteiger partial charge in [-0.15, -0.1) is 0 Å². The van der Waals surface area contributed by atoms with E-state index in [0.717, 1.165) is 0 Å². The minimum atomic E-state index is -0.167. The third-order valence-electron chi connectivity index (χ3n) is 1.18. The first-order valence-electron chi connectivity index (χ1n) is 2.80. The van der Waals surface area contributed by atoms with Gasteiger partial charge in [-0.05, 0) is 12.1 Å². The number of phenols is 2. The third-order valence-corrected chi connectivity index (χ3v) is 1.18. The fourth-order valence-electron chi connectivity index (χ4n) is 0.630. The molecule has 0 aliphatic rings. The summed E-state index contributed by atoms with van der Waals surface area (Å²) in [5.41, 5.74) is 0. The number of ether oxygens (including phenoxy) is 1. The van der Waals surface area contributed by atoms with Gasteiger partial charge in [0, 0.05) is 6.07 Å². The van der Waals surface area contributed by atoms with Crippen LogP contribution < -0.4 is 4.74 Å². The Bertz CT molecular complexity index is 232. The predicted molar refractivity (Wildman–Crippen MR) is 36.3 cm³/mol. The Morgan fingerprint density at radius 1 is 1.20 bits per heavy atom. The highest BCUT2D eigenvalue weighted by atomic mass is 16.5. The van der Waals surface area contributed by atoms with Crippen LogP contribution in [0.3, 0.4) is 0 Å². The van der Waals surface area contributed by atoms with E-state index in [0.29, 0.717) is 5.75 Å². The van der Waals surface area contributed by atoms with Crippen LogP contribution in [0.4, 0.5) is 0 Å². The number of hydrogen-bond acceptors (Lipinski definition) is 3. The molecule has 10 heavy (non-hydrogen) atoms. The first kappa shape index (κ1) is 6.74. The van der Waals surface area contributed by atoms with Gasteiger partial charge in [0.25, 0.3) is 0 Å². The van der Waals surface area contributed by atoms with Gasteiger partial charge in [0.2, 0.25) is 0 Å². The molecule has 0 radical (unpaired) electrons. The number of phenolic OH excluding ortho intramolecular Hbond substituents is 2. The Labute approximate surface area is 58.5 Å². The van der Waals surface area contributed by atoms with Crippen molar-refractivity contribution in [1.82, 2.24) is 0 Å². The number of aromatic hydroxyl groups is 2. The Morgan fingerprint density at radius 2 is 1.90 bits per heavy atom. The van der Waals surface area contributed by atoms with Crippen LogP contribution >= 0.6 is 0 Å². The van der Waals surface area contributed by atoms with Crippen molar-refractivity contribution < 1.29 is 14.9 Å². The van der Waals surface area contributed by atoms with Crippen LogP contribution in [0.1, 0.15) is 0 Å². The van der Waals surface area contributed by atoms with Crippen LogP contribution in [-0.4, -0.2) is 17.3 Å². The van der Waals surface area contributed by atoms with Gasteiger partial charge in [0.15, 0.2) is 11.5 Å². The molecule has 54 valence electrons. The summed E-state index contributed by atoms with van der Waals surface area (Å²) in [5, 5.41) is 17.7. The van der Waals surface area contributed by atoms with Gasteiger partial charge in [0.1, 0.15) is 5.75 Å². The normalized spacial score (nSPS) is 9.30. The van der Waals surface area contributed by atoms with E-state index < -0.39 is 0 Å². The van der Waals surface area contributed by atoms with Gasteiger partial charge in [0.05, 0.1) is 7.11 Å². The molecule has 0 heterocycles. The number of rotatable bonds is 1. The molecular formula is C7H8O3. The Balaban J connectivity index is 3.04. The Kier molecular flexibility index (Phi) is 1.67. The average molecular weight is 140 g/mol. The van der Waals surface area contributed by atoms with Crippen LogP contribution in [0.2, 0.25) is 0 Å². The summed E-state index contributed by atoms with van der Waals surface area (Å²) >= 11 is 0. The Hall–Kier alpha value is -1.38. The molecule has 3 heteroatoms. The van der Waals surface area contributed by atoms with Crippen LogP contribution in [0.25, 0.3) is 0 Å². The molecule has 1 rings (SSSR count). The van der Waals surface area contributed by atoms with E-state index in [2.05, 4.69) is 0 Å². The zero-order chi connectivity index (χ0) is 7.56. The maximum Gasteiger partial charge on any atom is 0.161 e. The van der Waals surface area contributed by atoms with E-state index in [9.17, 15) is 0 Å². The molecule has 0 spiro atoms. The van der Waals surface area contributed by atoms with Crippen LogP contribution in [0.5, 0.6) is 17.2 Å². The van der Waals surface area contributed by atoms with Crippen LogP contribution in [0, 0.1) is 0 Å². The zero-order valence-corrected chi connectivity index (χ0v) is 5.53. The summed E-state index contributed by atoms with van der Waals surface area (Å²) < 4.78 is 4.78. The number of methoxy groups -OCH3 is 1. The van der Waals surface area contributed by atoms with Crippen molar-refractivity contribution in [3.8, 4) is 17.2 Å². The van der Waals surface area contributed by atoms with Crippen LogP contribution in [0.15, 0.2) is 18.2 Å². The topological polar surface area (TPSA) is 49.7 Å². The second-order valence-corrected chi connectivity index (χ2v) is 1.85. The van der Waals surface area contributed by atoms with Gasteiger partial charge in [-0.2, -0.15) is 0 Å². The molecule has 0 atom stereocenters. The maximum absolute atomic E-state index is 8.90. The smallest absolute Gasteiger partial charge is 0.161 e. The standard InChI is InChI=1S/C7H8O3/c1-10-5-2-3-6(8)7(9)4-5/h2-4,8-9H,1H3. The molecule has 0 aliphatic heterocycles. The van der Waals surface area contributed by atoms with Crippen molar-refractivity contribution >= 4 is 0 Å². The van der Waals surface area contributed by atoms with Crippen molar-refractivity contribution in [3.63, 3.8) is 0 Å². The van der Waals surface area contributed by atoms with E-state index in [1.807, 2.05) is 0 Å². The minimum Gasteiger partial charge on any atom is -0.504 e. The van der Waals surface area contributed by atoms with Gasteiger partial charge in [-0.3, -0.25) is 0 Å².